The van der Waals surface area contributed by atoms with Crippen LogP contribution in [0, 0.1) is 20.2 Å². The van der Waals surface area contributed by atoms with Crippen molar-refractivity contribution in [2.75, 3.05) is 0 Å². The molecule has 166 valence electrons. The summed E-state index contributed by atoms with van der Waals surface area (Å²) in [7, 11) is 0. The molecule has 1 aliphatic heterocycles. The van der Waals surface area contributed by atoms with Crippen LogP contribution in [0.3, 0.4) is 0 Å². The van der Waals surface area contributed by atoms with Gasteiger partial charge in [0.05, 0.1) is 34.3 Å². The zero-order valence-corrected chi connectivity index (χ0v) is 16.8. The van der Waals surface area contributed by atoms with E-state index in [1.54, 1.807) is 12.1 Å². The Balaban J connectivity index is 1.87. The molecule has 11 heteroatoms. The van der Waals surface area contributed by atoms with E-state index in [0.29, 0.717) is 11.3 Å². The predicted molar refractivity (Wildman–Crippen MR) is 113 cm³/mol. The van der Waals surface area contributed by atoms with Crippen molar-refractivity contribution in [2.45, 2.75) is 12.6 Å². The lowest BCUT2D eigenvalue weighted by atomic mass is 9.95. The van der Waals surface area contributed by atoms with Crippen molar-refractivity contribution in [3.8, 4) is 0 Å². The average molecular weight is 449 g/mol. The first-order chi connectivity index (χ1) is 15.8. The number of hydrogen-bond donors (Lipinski definition) is 1. The lowest BCUT2D eigenvalue weighted by Gasteiger charge is -2.24. The highest BCUT2D eigenvalue weighted by Gasteiger charge is 2.46. The zero-order chi connectivity index (χ0) is 23.7. The van der Waals surface area contributed by atoms with E-state index in [9.17, 15) is 34.9 Å². The molecular weight excluding hydrogens is 434 g/mol. The fraction of sp³-hybridized carbons (Fsp3) is 0.0909. The van der Waals surface area contributed by atoms with Gasteiger partial charge in [0.1, 0.15) is 11.5 Å². The van der Waals surface area contributed by atoms with E-state index in [1.807, 2.05) is 0 Å². The summed E-state index contributed by atoms with van der Waals surface area (Å²) in [6, 6.07) is 12.3. The standard InChI is InChI=1S/C22H15N3O8/c26-20(14-3-1-4-16(11-14)25(31)32)18-19(13-6-8-15(9-7-13)24(29)30)23(22(28)21(18)27)12-17-5-2-10-33-17/h1-11,19,26H,12H2/t19-/m0/s1. The smallest absolute Gasteiger partial charge is 0.296 e. The van der Waals surface area contributed by atoms with Gasteiger partial charge in [0.25, 0.3) is 23.1 Å². The van der Waals surface area contributed by atoms with Crippen LogP contribution in [0.1, 0.15) is 22.9 Å². The van der Waals surface area contributed by atoms with Crippen molar-refractivity contribution in [1.82, 2.24) is 4.90 Å². The Morgan fingerprint density at radius 2 is 1.67 bits per heavy atom. The summed E-state index contributed by atoms with van der Waals surface area (Å²) in [6.45, 7) is -0.106. The van der Waals surface area contributed by atoms with Crippen LogP contribution in [0.5, 0.6) is 0 Å². The number of benzene rings is 2. The first-order valence-electron chi connectivity index (χ1n) is 9.58. The number of nitrogens with zero attached hydrogens (tertiary/aromatic N) is 3. The maximum atomic E-state index is 13.0. The number of hydrogen-bond acceptors (Lipinski definition) is 8. The van der Waals surface area contributed by atoms with Crippen LogP contribution < -0.4 is 0 Å². The number of carbonyl (C=O) groups is 2. The molecule has 1 fully saturated rings. The number of nitro benzene ring substituents is 2. The third-order valence-corrected chi connectivity index (χ3v) is 5.20. The van der Waals surface area contributed by atoms with Gasteiger partial charge in [0.15, 0.2) is 0 Å². The van der Waals surface area contributed by atoms with Crippen molar-refractivity contribution in [1.29, 1.82) is 0 Å². The van der Waals surface area contributed by atoms with Crippen molar-refractivity contribution in [2.24, 2.45) is 0 Å². The van der Waals surface area contributed by atoms with Gasteiger partial charge in [-0.2, -0.15) is 0 Å². The molecule has 11 nitrogen and oxygen atoms in total. The molecule has 0 unspecified atom stereocenters. The lowest BCUT2D eigenvalue weighted by Crippen LogP contribution is -2.29. The summed E-state index contributed by atoms with van der Waals surface area (Å²) in [5.74, 6) is -2.13. The van der Waals surface area contributed by atoms with Gasteiger partial charge in [0.2, 0.25) is 0 Å². The van der Waals surface area contributed by atoms with E-state index >= 15 is 0 Å². The third-order valence-electron chi connectivity index (χ3n) is 5.20. The molecule has 0 aliphatic carbocycles. The third kappa shape index (κ3) is 3.94. The van der Waals surface area contributed by atoms with Crippen molar-refractivity contribution in [3.05, 3.63) is 110 Å². The minimum atomic E-state index is -1.10. The molecule has 0 saturated carbocycles. The molecule has 1 atom stereocenters. The maximum Gasteiger partial charge on any atom is 0.296 e. The summed E-state index contributed by atoms with van der Waals surface area (Å²) in [5, 5.41) is 33.1. The molecule has 1 N–H and O–H groups in total. The second-order valence-electron chi connectivity index (χ2n) is 7.16. The lowest BCUT2D eigenvalue weighted by molar-refractivity contribution is -0.385. The number of furan rings is 1. The van der Waals surface area contributed by atoms with Gasteiger partial charge >= 0.3 is 0 Å². The van der Waals surface area contributed by atoms with Gasteiger partial charge in [-0.1, -0.05) is 12.1 Å². The molecule has 3 aromatic rings. The molecule has 0 radical (unpaired) electrons. The number of aliphatic hydroxyl groups excluding tert-OH is 1. The van der Waals surface area contributed by atoms with Crippen molar-refractivity contribution in [3.63, 3.8) is 0 Å². The molecule has 1 saturated heterocycles. The number of non-ortho nitro benzene ring substituents is 2. The van der Waals surface area contributed by atoms with E-state index in [4.69, 9.17) is 4.42 Å². The van der Waals surface area contributed by atoms with E-state index < -0.39 is 33.3 Å². The van der Waals surface area contributed by atoms with Gasteiger partial charge in [-0.3, -0.25) is 29.8 Å². The Morgan fingerprint density at radius 3 is 2.27 bits per heavy atom. The molecule has 0 spiro atoms. The highest BCUT2D eigenvalue weighted by molar-refractivity contribution is 6.46. The quantitative estimate of drug-likeness (QED) is 0.196. The summed E-state index contributed by atoms with van der Waals surface area (Å²) < 4.78 is 5.29. The fourth-order valence-corrected chi connectivity index (χ4v) is 3.66. The first kappa shape index (κ1) is 21.4. The summed E-state index contributed by atoms with van der Waals surface area (Å²) in [4.78, 5) is 47.9. The zero-order valence-electron chi connectivity index (χ0n) is 16.8. The molecule has 4 rings (SSSR count). The SMILES string of the molecule is O=C1C(=O)N(Cc2ccco2)[C@@H](c2ccc([N+](=O)[O-])cc2)C1=C(O)c1cccc([N+](=O)[O-])c1. The number of Topliss-reactive ketones (excluding diaryl/α,β-unsaturated/α-hetero) is 1. The van der Waals surface area contributed by atoms with Gasteiger partial charge in [0, 0.05) is 29.8 Å². The minimum absolute atomic E-state index is 0.0212. The molecule has 2 heterocycles. The largest absolute Gasteiger partial charge is 0.507 e. The van der Waals surface area contributed by atoms with Crippen LogP contribution in [-0.4, -0.2) is 31.5 Å². The van der Waals surface area contributed by atoms with Crippen molar-refractivity contribution >= 4 is 28.8 Å². The van der Waals surface area contributed by atoms with Crippen LogP contribution in [0.25, 0.3) is 5.76 Å². The Bertz CT molecular complexity index is 1300. The normalized spacial score (nSPS) is 17.3. The number of nitro groups is 2. The Morgan fingerprint density at radius 1 is 0.970 bits per heavy atom. The molecule has 0 bridgehead atoms. The maximum absolute atomic E-state index is 13.0. The molecule has 1 amide bonds. The van der Waals surface area contributed by atoms with Crippen LogP contribution >= 0.6 is 0 Å². The van der Waals surface area contributed by atoms with Gasteiger partial charge in [-0.15, -0.1) is 0 Å². The topological polar surface area (TPSA) is 157 Å². The molecule has 2 aromatic carbocycles. The number of aliphatic hydroxyl groups is 1. The van der Waals surface area contributed by atoms with Gasteiger partial charge in [-0.05, 0) is 29.8 Å². The number of likely N-dealkylation sites (tertiary alicyclic amines) is 1. The Hall–Kier alpha value is -4.80. The Kier molecular flexibility index (Phi) is 5.44. The second kappa shape index (κ2) is 8.38. The molecular formula is C22H15N3O8. The van der Waals surface area contributed by atoms with E-state index in [0.717, 1.165) is 6.07 Å². The van der Waals surface area contributed by atoms with Crippen LogP contribution in [0.2, 0.25) is 0 Å². The van der Waals surface area contributed by atoms with E-state index in [1.165, 1.54) is 53.6 Å². The van der Waals surface area contributed by atoms with E-state index in [2.05, 4.69) is 0 Å². The van der Waals surface area contributed by atoms with Crippen molar-refractivity contribution < 1.29 is 29.0 Å². The van der Waals surface area contributed by atoms with Gasteiger partial charge in [-0.25, -0.2) is 0 Å². The second-order valence-corrected chi connectivity index (χ2v) is 7.16. The number of carbonyl (C=O) groups excluding carboxylic acids is 2. The van der Waals surface area contributed by atoms with Crippen LogP contribution in [0.15, 0.2) is 76.9 Å². The van der Waals surface area contributed by atoms with Crippen LogP contribution in [-0.2, 0) is 16.1 Å². The summed E-state index contributed by atoms with van der Waals surface area (Å²) >= 11 is 0. The van der Waals surface area contributed by atoms with E-state index in [-0.39, 0.29) is 29.1 Å². The fourth-order valence-electron chi connectivity index (χ4n) is 3.66. The van der Waals surface area contributed by atoms with Gasteiger partial charge < -0.3 is 14.4 Å². The number of rotatable bonds is 6. The Labute approximate surface area is 185 Å². The molecule has 1 aromatic heterocycles. The summed E-state index contributed by atoms with van der Waals surface area (Å²) in [5.41, 5.74) is -0.484. The molecule has 33 heavy (non-hydrogen) atoms. The summed E-state index contributed by atoms with van der Waals surface area (Å²) in [6.07, 6.45) is 1.40. The van der Waals surface area contributed by atoms with Crippen LogP contribution in [0.4, 0.5) is 11.4 Å². The minimum Gasteiger partial charge on any atom is -0.507 e. The molecule has 1 aliphatic rings. The average Bonchev–Trinajstić information content (AvgIpc) is 3.41. The highest BCUT2D eigenvalue weighted by Crippen LogP contribution is 2.41. The number of amides is 1. The monoisotopic (exact) mass is 449 g/mol. The highest BCUT2D eigenvalue weighted by atomic mass is 16.6. The predicted octanol–water partition coefficient (Wildman–Crippen LogP) is 3.72. The number of ketones is 1. The first-order valence-corrected chi connectivity index (χ1v) is 9.58.